The fourth-order valence-corrected chi connectivity index (χ4v) is 5.61. The third-order valence-electron chi connectivity index (χ3n) is 7.63. The molecule has 0 bridgehead atoms. The molecule has 6 aromatic rings. The van der Waals surface area contributed by atoms with Gasteiger partial charge in [0.15, 0.2) is 0 Å². The zero-order chi connectivity index (χ0) is 39.7. The number of aromatic hydroxyl groups is 1. The van der Waals surface area contributed by atoms with Crippen molar-refractivity contribution in [1.82, 2.24) is 9.97 Å². The molecular weight excluding hydrogens is 870 g/mol. The highest BCUT2D eigenvalue weighted by molar-refractivity contribution is 9.09. The zero-order valence-corrected chi connectivity index (χ0v) is 34.0. The molecule has 6 rings (SSSR count). The minimum Gasteiger partial charge on any atom is -0.507 e. The number of aromatic nitrogens is 2. The molecule has 2 atom stereocenters. The van der Waals surface area contributed by atoms with E-state index >= 15 is 0 Å². The number of hydrogen-bond donors (Lipinski definition) is 2. The van der Waals surface area contributed by atoms with Crippen LogP contribution in [0.3, 0.4) is 0 Å². The Balaban J connectivity index is 0.000000309. The van der Waals surface area contributed by atoms with Crippen LogP contribution >= 0.6 is 62.3 Å². The average Bonchev–Trinajstić information content (AvgIpc) is 3.67. The smallest absolute Gasteiger partial charge is 0.349 e. The van der Waals surface area contributed by atoms with E-state index in [1.807, 2.05) is 20.8 Å². The number of carboxylic acid groups (broad SMARTS) is 1. The molecule has 2 unspecified atom stereocenters. The Kier molecular flexibility index (Phi) is 18.5. The Bertz CT molecular complexity index is 2190. The van der Waals surface area contributed by atoms with Crippen LogP contribution in [-0.2, 0) is 14.3 Å². The molecule has 0 fully saturated rings. The van der Waals surface area contributed by atoms with E-state index in [9.17, 15) is 19.8 Å². The third-order valence-corrected chi connectivity index (χ3v) is 9.51. The average molecular weight is 912 g/mol. The molecule has 4 aromatic carbocycles. The quantitative estimate of drug-likeness (QED) is 0.112. The van der Waals surface area contributed by atoms with Crippen molar-refractivity contribution in [1.29, 1.82) is 0 Å². The summed E-state index contributed by atoms with van der Waals surface area (Å²) >= 11 is 26.7. The van der Waals surface area contributed by atoms with Gasteiger partial charge in [0, 0.05) is 25.7 Å². The molecular formula is C41H41BrCl4N2O8. The lowest BCUT2D eigenvalue weighted by atomic mass is 10.1. The summed E-state index contributed by atoms with van der Waals surface area (Å²) in [6, 6.07) is 23.0. The van der Waals surface area contributed by atoms with E-state index in [0.717, 1.165) is 22.7 Å². The molecule has 15 heteroatoms. The highest BCUT2D eigenvalue weighted by Gasteiger charge is 2.25. The number of esters is 1. The highest BCUT2D eigenvalue weighted by Crippen LogP contribution is 2.36. The SMILES string of the molecule is C.C.COC(=O)C(Br)c1ccc(Cl)cc1.Cc1nc(-c2cc(Cl)ccc2O)oc1C.Cc1nc(-c2cc(Cl)ccc2OC(C(=O)O)c2ccc(Cl)cc2)oc1C. The Morgan fingerprint density at radius 3 is 1.55 bits per heavy atom. The largest absolute Gasteiger partial charge is 0.507 e. The lowest BCUT2D eigenvalue weighted by molar-refractivity contribution is -0.145. The molecule has 2 heterocycles. The second kappa shape index (κ2) is 21.7. The maximum atomic E-state index is 11.7. The minimum absolute atomic E-state index is 0. The van der Waals surface area contributed by atoms with E-state index in [4.69, 9.17) is 60.0 Å². The summed E-state index contributed by atoms with van der Waals surface area (Å²) in [6.45, 7) is 7.29. The summed E-state index contributed by atoms with van der Waals surface area (Å²) in [4.78, 5) is 31.0. The second-order valence-corrected chi connectivity index (χ2v) is 14.1. The van der Waals surface area contributed by atoms with Gasteiger partial charge in [-0.2, -0.15) is 0 Å². The molecule has 0 aliphatic rings. The Morgan fingerprint density at radius 2 is 1.11 bits per heavy atom. The number of carboxylic acids is 1. The molecule has 0 aliphatic heterocycles. The van der Waals surface area contributed by atoms with E-state index in [1.165, 1.54) is 13.2 Å². The van der Waals surface area contributed by atoms with Crippen LogP contribution in [0.15, 0.2) is 93.8 Å². The standard InChI is InChI=1S/C19H15Cl2NO4.C11H10ClNO2.C9H8BrClO2.2CH4/c1-10-11(2)25-18(22-10)15-9-14(21)7-8-16(15)26-17(19(23)24)12-3-5-13(20)6-4-12;1-6-7(2)15-11(13-6)9-5-8(12)3-4-10(9)14;1-13-9(12)8(10)6-2-4-7(11)5-3-6;;/h3-9,17H,1-2H3,(H,23,24);3-5,14H,1-2H3;2-5,8H,1H3;2*1H4. The number of hydrogen-bond acceptors (Lipinski definition) is 9. The van der Waals surface area contributed by atoms with E-state index in [1.54, 1.807) is 85.8 Å². The Labute approximate surface area is 354 Å². The maximum Gasteiger partial charge on any atom is 0.349 e. The van der Waals surface area contributed by atoms with Crippen LogP contribution < -0.4 is 4.74 Å². The summed E-state index contributed by atoms with van der Waals surface area (Å²) in [6.07, 6.45) is -1.22. The van der Waals surface area contributed by atoms with Gasteiger partial charge >= 0.3 is 11.9 Å². The number of ether oxygens (including phenoxy) is 2. The lowest BCUT2D eigenvalue weighted by Gasteiger charge is -2.17. The first-order valence-electron chi connectivity index (χ1n) is 15.9. The molecule has 0 aliphatic carbocycles. The van der Waals surface area contributed by atoms with Crippen molar-refractivity contribution in [2.75, 3.05) is 7.11 Å². The number of aryl methyl sites for hydroxylation is 4. The number of carbonyl (C=O) groups excluding carboxylic acids is 1. The Hall–Kier alpha value is -4.52. The zero-order valence-electron chi connectivity index (χ0n) is 29.4. The van der Waals surface area contributed by atoms with Crippen molar-refractivity contribution < 1.29 is 38.1 Å². The number of rotatable bonds is 8. The van der Waals surface area contributed by atoms with Gasteiger partial charge in [0.1, 0.15) is 27.8 Å². The van der Waals surface area contributed by atoms with Gasteiger partial charge in [-0.15, -0.1) is 0 Å². The van der Waals surface area contributed by atoms with Gasteiger partial charge in [-0.25, -0.2) is 14.8 Å². The molecule has 2 aromatic heterocycles. The van der Waals surface area contributed by atoms with Gasteiger partial charge in [0.25, 0.3) is 0 Å². The molecule has 298 valence electrons. The summed E-state index contributed by atoms with van der Waals surface area (Å²) in [5.41, 5.74) is 3.83. The van der Waals surface area contributed by atoms with Crippen molar-refractivity contribution in [3.05, 3.63) is 139 Å². The molecule has 10 nitrogen and oxygen atoms in total. The summed E-state index contributed by atoms with van der Waals surface area (Å²) in [7, 11) is 1.35. The number of phenolic OH excluding ortho intramolecular Hbond substituents is 1. The van der Waals surface area contributed by atoms with Crippen LogP contribution in [0.2, 0.25) is 20.1 Å². The molecule has 2 N–H and O–H groups in total. The number of nitrogens with zero attached hydrogens (tertiary/aromatic N) is 2. The fourth-order valence-electron chi connectivity index (χ4n) is 4.52. The molecule has 0 radical (unpaired) electrons. The van der Waals surface area contributed by atoms with Crippen LogP contribution in [0, 0.1) is 27.7 Å². The predicted octanol–water partition coefficient (Wildman–Crippen LogP) is 13.0. The van der Waals surface area contributed by atoms with Crippen molar-refractivity contribution in [3.63, 3.8) is 0 Å². The van der Waals surface area contributed by atoms with Gasteiger partial charge in [0.2, 0.25) is 17.9 Å². The number of carbonyl (C=O) groups is 2. The first-order valence-corrected chi connectivity index (χ1v) is 18.3. The van der Waals surface area contributed by atoms with Gasteiger partial charge < -0.3 is 28.5 Å². The number of aliphatic carboxylic acids is 1. The normalized spacial score (nSPS) is 11.2. The minimum atomic E-state index is -1.22. The number of alkyl halides is 1. The van der Waals surface area contributed by atoms with Crippen molar-refractivity contribution >= 4 is 74.3 Å². The van der Waals surface area contributed by atoms with Crippen LogP contribution in [0.25, 0.3) is 22.9 Å². The van der Waals surface area contributed by atoms with Crippen LogP contribution in [0.4, 0.5) is 0 Å². The molecule has 0 spiro atoms. The van der Waals surface area contributed by atoms with Gasteiger partial charge in [-0.05, 0) is 93.9 Å². The summed E-state index contributed by atoms with van der Waals surface area (Å²) in [5, 5.41) is 21.4. The van der Waals surface area contributed by atoms with Crippen LogP contribution in [0.5, 0.6) is 11.5 Å². The highest BCUT2D eigenvalue weighted by atomic mass is 79.9. The summed E-state index contributed by atoms with van der Waals surface area (Å²) < 4.78 is 21.4. The molecule has 56 heavy (non-hydrogen) atoms. The maximum absolute atomic E-state index is 11.7. The van der Waals surface area contributed by atoms with Crippen molar-refractivity contribution in [2.24, 2.45) is 0 Å². The van der Waals surface area contributed by atoms with E-state index in [0.29, 0.717) is 60.1 Å². The molecule has 0 amide bonds. The first kappa shape index (κ1) is 47.6. The van der Waals surface area contributed by atoms with Crippen molar-refractivity contribution in [2.45, 2.75) is 53.5 Å². The fraction of sp³-hybridized carbons (Fsp3) is 0.220. The van der Waals surface area contributed by atoms with E-state index in [-0.39, 0.29) is 26.6 Å². The van der Waals surface area contributed by atoms with Crippen LogP contribution in [0.1, 0.15) is 59.8 Å². The van der Waals surface area contributed by atoms with Gasteiger partial charge in [0.05, 0.1) is 29.6 Å². The van der Waals surface area contributed by atoms with Crippen molar-refractivity contribution in [3.8, 4) is 34.4 Å². The topological polar surface area (TPSA) is 145 Å². The number of benzene rings is 4. The van der Waals surface area contributed by atoms with Crippen LogP contribution in [-0.4, -0.2) is 39.2 Å². The predicted molar refractivity (Wildman–Crippen MR) is 226 cm³/mol. The monoisotopic (exact) mass is 908 g/mol. The number of phenols is 1. The number of oxazole rings is 2. The first-order chi connectivity index (χ1) is 25.6. The van der Waals surface area contributed by atoms with Gasteiger partial charge in [-0.1, -0.05) is 101 Å². The number of halogens is 5. The summed E-state index contributed by atoms with van der Waals surface area (Å²) in [5.74, 6) is 1.08. The third kappa shape index (κ3) is 12.8. The van der Waals surface area contributed by atoms with E-state index < -0.39 is 16.9 Å². The Morgan fingerprint density at radius 1 is 0.679 bits per heavy atom. The number of methoxy groups -OCH3 is 1. The second-order valence-electron chi connectivity index (χ2n) is 11.4. The molecule has 0 saturated heterocycles. The molecule has 0 saturated carbocycles. The lowest BCUT2D eigenvalue weighted by Crippen LogP contribution is -2.18. The van der Waals surface area contributed by atoms with Gasteiger partial charge in [-0.3, -0.25) is 4.79 Å². The van der Waals surface area contributed by atoms with E-state index in [2.05, 4.69) is 30.6 Å².